The van der Waals surface area contributed by atoms with Gasteiger partial charge in [-0.1, -0.05) is 27.7 Å². The largest absolute Gasteiger partial charge is 0.481 e. The highest BCUT2D eigenvalue weighted by atomic mass is 32.1. The van der Waals surface area contributed by atoms with Crippen LogP contribution in [0.4, 0.5) is 0 Å². The number of thiazole rings is 1. The molecule has 1 rings (SSSR count). The monoisotopic (exact) mass is 298 g/mol. The third kappa shape index (κ3) is 7.01. The summed E-state index contributed by atoms with van der Waals surface area (Å²) < 4.78 is 0. The summed E-state index contributed by atoms with van der Waals surface area (Å²) in [6.45, 7) is 12.2. The molecule has 0 aliphatic heterocycles. The SMILES string of the molecule is CC(C)CN(CCc1nc(CC(=O)O)cs1)CC(C)C. The van der Waals surface area contributed by atoms with Gasteiger partial charge in [0.25, 0.3) is 0 Å². The van der Waals surface area contributed by atoms with E-state index in [-0.39, 0.29) is 6.42 Å². The summed E-state index contributed by atoms with van der Waals surface area (Å²) in [6, 6.07) is 0. The first-order valence-corrected chi connectivity index (χ1v) is 8.12. The molecule has 0 fully saturated rings. The Bertz CT molecular complexity index is 406. The van der Waals surface area contributed by atoms with Crippen molar-refractivity contribution in [1.29, 1.82) is 0 Å². The molecule has 0 aliphatic rings. The van der Waals surface area contributed by atoms with E-state index in [4.69, 9.17) is 5.11 Å². The molecule has 0 atom stereocenters. The number of carboxylic acids is 1. The smallest absolute Gasteiger partial charge is 0.309 e. The number of carbonyl (C=O) groups is 1. The zero-order valence-electron chi connectivity index (χ0n) is 12.9. The molecule has 1 aromatic heterocycles. The lowest BCUT2D eigenvalue weighted by atomic mass is 10.1. The number of hydrogen-bond acceptors (Lipinski definition) is 4. The minimum Gasteiger partial charge on any atom is -0.481 e. The Morgan fingerprint density at radius 1 is 1.30 bits per heavy atom. The highest BCUT2D eigenvalue weighted by molar-refractivity contribution is 7.09. The third-order valence-electron chi connectivity index (χ3n) is 2.82. The molecule has 4 nitrogen and oxygen atoms in total. The van der Waals surface area contributed by atoms with E-state index in [1.165, 1.54) is 0 Å². The Balaban J connectivity index is 2.49. The second-order valence-corrected chi connectivity index (χ2v) is 7.04. The van der Waals surface area contributed by atoms with E-state index in [0.29, 0.717) is 17.5 Å². The van der Waals surface area contributed by atoms with Crippen LogP contribution < -0.4 is 0 Å². The molecule has 0 radical (unpaired) electrons. The molecule has 1 N–H and O–H groups in total. The molecule has 0 bridgehead atoms. The first-order chi connectivity index (χ1) is 9.36. The van der Waals surface area contributed by atoms with Crippen molar-refractivity contribution in [3.05, 3.63) is 16.1 Å². The number of aromatic nitrogens is 1. The zero-order chi connectivity index (χ0) is 15.1. The predicted octanol–water partition coefficient (Wildman–Crippen LogP) is 2.93. The van der Waals surface area contributed by atoms with Gasteiger partial charge < -0.3 is 10.0 Å². The fraction of sp³-hybridized carbons (Fsp3) is 0.733. The molecule has 0 aromatic carbocycles. The van der Waals surface area contributed by atoms with E-state index in [1.807, 2.05) is 5.38 Å². The maximum absolute atomic E-state index is 10.6. The van der Waals surface area contributed by atoms with Gasteiger partial charge in [0.05, 0.1) is 17.1 Å². The molecule has 0 unspecified atom stereocenters. The van der Waals surface area contributed by atoms with Crippen LogP contribution in [0.5, 0.6) is 0 Å². The summed E-state index contributed by atoms with van der Waals surface area (Å²) in [6.07, 6.45) is 0.932. The average Bonchev–Trinajstić information content (AvgIpc) is 2.71. The molecule has 5 heteroatoms. The van der Waals surface area contributed by atoms with Crippen molar-refractivity contribution in [2.75, 3.05) is 19.6 Å². The van der Waals surface area contributed by atoms with Gasteiger partial charge in [0.15, 0.2) is 0 Å². The fourth-order valence-corrected chi connectivity index (χ4v) is 3.03. The predicted molar refractivity (Wildman–Crippen MR) is 83.3 cm³/mol. The number of hydrogen-bond donors (Lipinski definition) is 1. The number of rotatable bonds is 9. The minimum absolute atomic E-state index is 0.0260. The summed E-state index contributed by atoms with van der Waals surface area (Å²) in [4.78, 5) is 17.5. The van der Waals surface area contributed by atoms with Crippen molar-refractivity contribution < 1.29 is 9.90 Å². The van der Waals surface area contributed by atoms with Crippen LogP contribution in [0, 0.1) is 11.8 Å². The number of aliphatic carboxylic acids is 1. The van der Waals surface area contributed by atoms with Crippen LogP contribution in [0.1, 0.15) is 38.4 Å². The lowest BCUT2D eigenvalue weighted by molar-refractivity contribution is -0.136. The Morgan fingerprint density at radius 3 is 2.40 bits per heavy atom. The van der Waals surface area contributed by atoms with Gasteiger partial charge >= 0.3 is 5.97 Å². The van der Waals surface area contributed by atoms with Gasteiger partial charge in [-0.25, -0.2) is 4.98 Å². The molecular formula is C15H26N2O2S. The third-order valence-corrected chi connectivity index (χ3v) is 3.78. The van der Waals surface area contributed by atoms with Gasteiger partial charge in [-0.2, -0.15) is 0 Å². The molecule has 20 heavy (non-hydrogen) atoms. The Morgan fingerprint density at radius 2 is 1.90 bits per heavy atom. The van der Waals surface area contributed by atoms with Gasteiger partial charge in [0, 0.05) is 31.4 Å². The molecule has 1 aromatic rings. The lowest BCUT2D eigenvalue weighted by Crippen LogP contribution is -2.33. The Labute approximate surface area is 125 Å². The van der Waals surface area contributed by atoms with Crippen molar-refractivity contribution in [1.82, 2.24) is 9.88 Å². The molecule has 0 aliphatic carbocycles. The van der Waals surface area contributed by atoms with Crippen LogP contribution >= 0.6 is 11.3 Å². The van der Waals surface area contributed by atoms with Crippen molar-refractivity contribution in [3.8, 4) is 0 Å². The number of nitrogens with zero attached hydrogens (tertiary/aromatic N) is 2. The lowest BCUT2D eigenvalue weighted by Gasteiger charge is -2.25. The molecule has 0 amide bonds. The van der Waals surface area contributed by atoms with Crippen molar-refractivity contribution >= 4 is 17.3 Å². The molecular weight excluding hydrogens is 272 g/mol. The second kappa shape index (κ2) is 8.37. The van der Waals surface area contributed by atoms with Crippen LogP contribution in [0.15, 0.2) is 5.38 Å². The quantitative estimate of drug-likeness (QED) is 0.761. The molecule has 1 heterocycles. The van der Waals surface area contributed by atoms with Gasteiger partial charge in [0.1, 0.15) is 0 Å². The van der Waals surface area contributed by atoms with Crippen LogP contribution in [0.25, 0.3) is 0 Å². The van der Waals surface area contributed by atoms with E-state index >= 15 is 0 Å². The topological polar surface area (TPSA) is 53.4 Å². The highest BCUT2D eigenvalue weighted by Gasteiger charge is 2.11. The Hall–Kier alpha value is -0.940. The van der Waals surface area contributed by atoms with E-state index in [2.05, 4.69) is 37.6 Å². The molecule has 0 spiro atoms. The summed E-state index contributed by atoms with van der Waals surface area (Å²) >= 11 is 1.57. The second-order valence-electron chi connectivity index (χ2n) is 6.10. The summed E-state index contributed by atoms with van der Waals surface area (Å²) in [5.41, 5.74) is 0.678. The van der Waals surface area contributed by atoms with Crippen LogP contribution in [0.2, 0.25) is 0 Å². The maximum Gasteiger partial charge on any atom is 0.309 e. The van der Waals surface area contributed by atoms with Gasteiger partial charge in [0.2, 0.25) is 0 Å². The normalized spacial score (nSPS) is 11.8. The van der Waals surface area contributed by atoms with E-state index in [1.54, 1.807) is 11.3 Å². The molecule has 0 saturated heterocycles. The Kier molecular flexibility index (Phi) is 7.16. The first-order valence-electron chi connectivity index (χ1n) is 7.24. The standard InChI is InChI=1S/C15H26N2O2S/c1-11(2)8-17(9-12(3)4)6-5-14-16-13(10-20-14)7-15(18)19/h10-12H,5-9H2,1-4H3,(H,18,19). The van der Waals surface area contributed by atoms with Gasteiger partial charge in [-0.15, -0.1) is 11.3 Å². The summed E-state index contributed by atoms with van der Waals surface area (Å²) in [5, 5.41) is 11.6. The van der Waals surface area contributed by atoms with E-state index < -0.39 is 5.97 Å². The van der Waals surface area contributed by atoms with Crippen LogP contribution in [0.3, 0.4) is 0 Å². The maximum atomic E-state index is 10.6. The fourth-order valence-electron chi connectivity index (χ4n) is 2.24. The number of carboxylic acid groups (broad SMARTS) is 1. The minimum atomic E-state index is -0.817. The molecule has 114 valence electrons. The first kappa shape index (κ1) is 17.1. The summed E-state index contributed by atoms with van der Waals surface area (Å²) in [7, 11) is 0. The van der Waals surface area contributed by atoms with Gasteiger partial charge in [-0.05, 0) is 11.8 Å². The van der Waals surface area contributed by atoms with Gasteiger partial charge in [-0.3, -0.25) is 4.79 Å². The molecule has 0 saturated carbocycles. The highest BCUT2D eigenvalue weighted by Crippen LogP contribution is 2.13. The van der Waals surface area contributed by atoms with Crippen molar-refractivity contribution in [2.24, 2.45) is 11.8 Å². The van der Waals surface area contributed by atoms with Crippen molar-refractivity contribution in [3.63, 3.8) is 0 Å². The van der Waals surface area contributed by atoms with E-state index in [0.717, 1.165) is 31.1 Å². The van der Waals surface area contributed by atoms with Crippen LogP contribution in [-0.4, -0.2) is 40.6 Å². The summed E-state index contributed by atoms with van der Waals surface area (Å²) in [5.74, 6) is 0.503. The van der Waals surface area contributed by atoms with Crippen molar-refractivity contribution in [2.45, 2.75) is 40.5 Å². The average molecular weight is 298 g/mol. The zero-order valence-corrected chi connectivity index (χ0v) is 13.7. The van der Waals surface area contributed by atoms with Crippen LogP contribution in [-0.2, 0) is 17.6 Å². The van der Waals surface area contributed by atoms with E-state index in [9.17, 15) is 4.79 Å².